The zero-order chi connectivity index (χ0) is 15.6. The molecule has 2 aromatic heterocycles. The van der Waals surface area contributed by atoms with E-state index in [-0.39, 0.29) is 0 Å². The van der Waals surface area contributed by atoms with E-state index in [4.69, 9.17) is 0 Å². The standard InChI is InChI=1S/C16H11BrO2S3/c1-8-11(10-6-4-3-5-7-10)20-12-13-15(9(2)16(17)21-13)22(18,19)14(8)12/h3-7H,1-2H3. The van der Waals surface area contributed by atoms with Gasteiger partial charge in [0, 0.05) is 4.88 Å². The number of rotatable bonds is 1. The molecular weight excluding hydrogens is 400 g/mol. The molecule has 0 saturated carbocycles. The van der Waals surface area contributed by atoms with Crippen molar-refractivity contribution in [2.45, 2.75) is 23.6 Å². The second-order valence-corrected chi connectivity index (χ2v) is 10.4. The Morgan fingerprint density at radius 3 is 2.14 bits per heavy atom. The zero-order valence-corrected chi connectivity index (χ0v) is 15.8. The molecule has 3 aromatic rings. The van der Waals surface area contributed by atoms with Crippen molar-refractivity contribution < 1.29 is 8.42 Å². The molecule has 0 fully saturated rings. The SMILES string of the molecule is Cc1c(Br)sc2c1S(=O)(=O)c1c-2sc(-c2ccccc2)c1C. The fourth-order valence-electron chi connectivity index (χ4n) is 2.88. The van der Waals surface area contributed by atoms with Crippen molar-refractivity contribution in [1.82, 2.24) is 0 Å². The van der Waals surface area contributed by atoms with Crippen LogP contribution in [0.4, 0.5) is 0 Å². The number of fused-ring (bicyclic) bond motifs is 3. The molecule has 2 nitrogen and oxygen atoms in total. The molecule has 0 aliphatic carbocycles. The van der Waals surface area contributed by atoms with E-state index < -0.39 is 9.84 Å². The first-order valence-electron chi connectivity index (χ1n) is 6.66. The van der Waals surface area contributed by atoms with Crippen LogP contribution in [0.2, 0.25) is 0 Å². The van der Waals surface area contributed by atoms with Gasteiger partial charge in [-0.05, 0) is 46.5 Å². The van der Waals surface area contributed by atoms with Crippen molar-refractivity contribution in [3.05, 3.63) is 45.2 Å². The number of hydrogen-bond donors (Lipinski definition) is 0. The fourth-order valence-corrected chi connectivity index (χ4v) is 9.05. The predicted octanol–water partition coefficient (Wildman–Crippen LogP) is 5.67. The number of thiophene rings is 2. The first-order valence-corrected chi connectivity index (χ1v) is 10.6. The van der Waals surface area contributed by atoms with Crippen LogP contribution in [0.1, 0.15) is 11.1 Å². The third-order valence-electron chi connectivity index (χ3n) is 3.90. The van der Waals surface area contributed by atoms with E-state index >= 15 is 0 Å². The Morgan fingerprint density at radius 1 is 0.864 bits per heavy atom. The molecule has 1 aromatic carbocycles. The minimum absolute atomic E-state index is 0.494. The Bertz CT molecular complexity index is 1010. The average Bonchev–Trinajstić information content (AvgIpc) is 3.05. The van der Waals surface area contributed by atoms with Crippen LogP contribution < -0.4 is 0 Å². The first kappa shape index (κ1) is 14.6. The molecule has 4 rings (SSSR count). The third-order valence-corrected chi connectivity index (χ3v) is 9.92. The van der Waals surface area contributed by atoms with Crippen molar-refractivity contribution in [3.8, 4) is 20.2 Å². The second kappa shape index (κ2) is 4.77. The summed E-state index contributed by atoms with van der Waals surface area (Å²) in [5.41, 5.74) is 2.76. The molecule has 0 atom stereocenters. The monoisotopic (exact) mass is 410 g/mol. The van der Waals surface area contributed by atoms with E-state index in [1.54, 1.807) is 11.3 Å². The van der Waals surface area contributed by atoms with Crippen LogP contribution >= 0.6 is 38.6 Å². The third kappa shape index (κ3) is 1.78. The molecule has 6 heteroatoms. The summed E-state index contributed by atoms with van der Waals surface area (Å²) in [5, 5.41) is 0. The summed E-state index contributed by atoms with van der Waals surface area (Å²) in [6.45, 7) is 3.77. The molecule has 1 aliphatic heterocycles. The maximum Gasteiger partial charge on any atom is 0.210 e. The van der Waals surface area contributed by atoms with E-state index in [1.165, 1.54) is 11.3 Å². The maximum atomic E-state index is 13.0. The van der Waals surface area contributed by atoms with Gasteiger partial charge in [0.1, 0.15) is 0 Å². The van der Waals surface area contributed by atoms with E-state index in [0.29, 0.717) is 9.79 Å². The Balaban J connectivity index is 2.07. The van der Waals surface area contributed by atoms with Gasteiger partial charge < -0.3 is 0 Å². The molecule has 0 amide bonds. The molecule has 0 N–H and O–H groups in total. The predicted molar refractivity (Wildman–Crippen MR) is 95.7 cm³/mol. The van der Waals surface area contributed by atoms with Gasteiger partial charge in [-0.2, -0.15) is 0 Å². The van der Waals surface area contributed by atoms with Gasteiger partial charge in [0.25, 0.3) is 0 Å². The van der Waals surface area contributed by atoms with Crippen LogP contribution in [-0.2, 0) is 9.84 Å². The lowest BCUT2D eigenvalue weighted by atomic mass is 10.1. The Hall–Kier alpha value is -0.950. The summed E-state index contributed by atoms with van der Waals surface area (Å²) in [4.78, 5) is 3.82. The first-order chi connectivity index (χ1) is 10.4. The summed E-state index contributed by atoms with van der Waals surface area (Å²) >= 11 is 6.57. The van der Waals surface area contributed by atoms with E-state index in [0.717, 1.165) is 35.1 Å². The highest BCUT2D eigenvalue weighted by molar-refractivity contribution is 9.11. The molecule has 0 radical (unpaired) electrons. The maximum absolute atomic E-state index is 13.0. The highest BCUT2D eigenvalue weighted by Gasteiger charge is 2.41. The van der Waals surface area contributed by atoms with E-state index in [9.17, 15) is 8.42 Å². The normalized spacial score (nSPS) is 14.9. The van der Waals surface area contributed by atoms with Crippen LogP contribution in [0.25, 0.3) is 20.2 Å². The fraction of sp³-hybridized carbons (Fsp3) is 0.125. The van der Waals surface area contributed by atoms with Crippen molar-refractivity contribution in [3.63, 3.8) is 0 Å². The Morgan fingerprint density at radius 2 is 1.45 bits per heavy atom. The molecule has 0 saturated heterocycles. The lowest BCUT2D eigenvalue weighted by molar-refractivity contribution is 0.598. The topological polar surface area (TPSA) is 34.1 Å². The molecule has 0 unspecified atom stereocenters. The molecular formula is C16H11BrO2S3. The van der Waals surface area contributed by atoms with Gasteiger partial charge in [-0.15, -0.1) is 22.7 Å². The van der Waals surface area contributed by atoms with Crippen LogP contribution in [0, 0.1) is 13.8 Å². The summed E-state index contributed by atoms with van der Waals surface area (Å²) in [7, 11) is -3.40. The van der Waals surface area contributed by atoms with Gasteiger partial charge in [-0.25, -0.2) is 8.42 Å². The van der Waals surface area contributed by atoms with Gasteiger partial charge >= 0.3 is 0 Å². The number of sulfone groups is 1. The zero-order valence-electron chi connectivity index (χ0n) is 11.8. The van der Waals surface area contributed by atoms with E-state index in [2.05, 4.69) is 15.9 Å². The van der Waals surface area contributed by atoms with Crippen LogP contribution in [-0.4, -0.2) is 8.42 Å². The Labute approximate surface area is 145 Å². The van der Waals surface area contributed by atoms with Gasteiger partial charge in [-0.1, -0.05) is 30.3 Å². The molecule has 1 aliphatic rings. The molecule has 3 heterocycles. The van der Waals surface area contributed by atoms with Crippen molar-refractivity contribution in [2.75, 3.05) is 0 Å². The molecule has 112 valence electrons. The van der Waals surface area contributed by atoms with Crippen LogP contribution in [0.15, 0.2) is 43.9 Å². The highest BCUT2D eigenvalue weighted by atomic mass is 79.9. The molecule has 0 bridgehead atoms. The summed E-state index contributed by atoms with van der Waals surface area (Å²) < 4.78 is 26.8. The smallest absolute Gasteiger partial charge is 0.210 e. The van der Waals surface area contributed by atoms with Gasteiger partial charge in [0.15, 0.2) is 0 Å². The Kier molecular flexibility index (Phi) is 3.17. The van der Waals surface area contributed by atoms with Gasteiger partial charge in [0.05, 0.1) is 23.3 Å². The van der Waals surface area contributed by atoms with Crippen LogP contribution in [0.5, 0.6) is 0 Å². The minimum Gasteiger partial charge on any atom is -0.218 e. The largest absolute Gasteiger partial charge is 0.218 e. The minimum atomic E-state index is -3.40. The lowest BCUT2D eigenvalue weighted by Gasteiger charge is -2.03. The summed E-state index contributed by atoms with van der Waals surface area (Å²) in [6.07, 6.45) is 0. The van der Waals surface area contributed by atoms with Gasteiger partial charge in [0.2, 0.25) is 9.84 Å². The van der Waals surface area contributed by atoms with Crippen LogP contribution in [0.3, 0.4) is 0 Å². The number of hydrogen-bond acceptors (Lipinski definition) is 4. The average molecular weight is 411 g/mol. The van der Waals surface area contributed by atoms with Crippen molar-refractivity contribution in [2.24, 2.45) is 0 Å². The quantitative estimate of drug-likeness (QED) is 0.405. The van der Waals surface area contributed by atoms with Crippen molar-refractivity contribution in [1.29, 1.82) is 0 Å². The second-order valence-electron chi connectivity index (χ2n) is 5.24. The van der Waals surface area contributed by atoms with Gasteiger partial charge in [-0.3, -0.25) is 0 Å². The molecule has 0 spiro atoms. The summed E-state index contributed by atoms with van der Waals surface area (Å²) in [6, 6.07) is 9.97. The highest BCUT2D eigenvalue weighted by Crippen LogP contribution is 2.57. The lowest BCUT2D eigenvalue weighted by Crippen LogP contribution is -1.99. The number of benzene rings is 1. The van der Waals surface area contributed by atoms with Crippen molar-refractivity contribution >= 4 is 48.4 Å². The molecule has 22 heavy (non-hydrogen) atoms. The summed E-state index contributed by atoms with van der Waals surface area (Å²) in [5.74, 6) is 0. The number of halogens is 1. The van der Waals surface area contributed by atoms with E-state index in [1.807, 2.05) is 44.2 Å².